The van der Waals surface area contributed by atoms with Gasteiger partial charge in [-0.2, -0.15) is 0 Å². The largest absolute Gasteiger partial charge is 0.392 e. The number of amides is 2. The van der Waals surface area contributed by atoms with Crippen molar-refractivity contribution in [3.63, 3.8) is 0 Å². The van der Waals surface area contributed by atoms with Crippen LogP contribution in [0.25, 0.3) is 0 Å². The zero-order valence-electron chi connectivity index (χ0n) is 13.7. The molecule has 0 aliphatic carbocycles. The summed E-state index contributed by atoms with van der Waals surface area (Å²) >= 11 is 0. The molecule has 2 amide bonds. The van der Waals surface area contributed by atoms with Crippen molar-refractivity contribution in [1.82, 2.24) is 10.6 Å². The van der Waals surface area contributed by atoms with Crippen LogP contribution in [-0.4, -0.2) is 35.6 Å². The van der Waals surface area contributed by atoms with Crippen molar-refractivity contribution in [3.05, 3.63) is 35.4 Å². The molecule has 0 aromatic heterocycles. The van der Waals surface area contributed by atoms with Crippen molar-refractivity contribution in [2.45, 2.75) is 46.3 Å². The van der Waals surface area contributed by atoms with E-state index in [9.17, 15) is 14.7 Å². The van der Waals surface area contributed by atoms with Crippen LogP contribution < -0.4 is 10.6 Å². The van der Waals surface area contributed by atoms with E-state index in [0.717, 1.165) is 5.56 Å². The Morgan fingerprint density at radius 2 is 1.82 bits per heavy atom. The molecular weight excluding hydrogens is 280 g/mol. The first-order valence-electron chi connectivity index (χ1n) is 7.63. The van der Waals surface area contributed by atoms with Gasteiger partial charge in [0.25, 0.3) is 5.91 Å². The Morgan fingerprint density at radius 1 is 1.18 bits per heavy atom. The minimum absolute atomic E-state index is 0.174. The van der Waals surface area contributed by atoms with E-state index in [-0.39, 0.29) is 24.3 Å². The molecule has 0 aliphatic heterocycles. The van der Waals surface area contributed by atoms with Crippen molar-refractivity contribution in [1.29, 1.82) is 0 Å². The first kappa shape index (κ1) is 18.2. The second-order valence-electron chi connectivity index (χ2n) is 6.06. The van der Waals surface area contributed by atoms with Crippen LogP contribution in [0.15, 0.2) is 24.3 Å². The van der Waals surface area contributed by atoms with Gasteiger partial charge in [0.2, 0.25) is 5.91 Å². The van der Waals surface area contributed by atoms with Gasteiger partial charge in [0, 0.05) is 12.1 Å². The molecule has 22 heavy (non-hydrogen) atoms. The van der Waals surface area contributed by atoms with Crippen LogP contribution in [-0.2, 0) is 4.79 Å². The highest BCUT2D eigenvalue weighted by Crippen LogP contribution is 2.10. The molecule has 1 rings (SSSR count). The Morgan fingerprint density at radius 3 is 2.36 bits per heavy atom. The molecule has 1 aromatic carbocycles. The van der Waals surface area contributed by atoms with Crippen LogP contribution in [0.2, 0.25) is 0 Å². The standard InChI is InChI=1S/C17H26N2O3/c1-11(2)9-15(17(22)18-10-13(4)20)19-16(21)14-8-6-5-7-12(14)3/h5-8,11,13,15,20H,9-10H2,1-4H3,(H,18,22)(H,19,21). The second-order valence-corrected chi connectivity index (χ2v) is 6.06. The quantitative estimate of drug-likeness (QED) is 0.716. The van der Waals surface area contributed by atoms with Crippen molar-refractivity contribution < 1.29 is 14.7 Å². The van der Waals surface area contributed by atoms with Crippen LogP contribution in [0.5, 0.6) is 0 Å². The number of benzene rings is 1. The molecule has 1 aromatic rings. The molecule has 0 saturated heterocycles. The van der Waals surface area contributed by atoms with Crippen LogP contribution in [0.3, 0.4) is 0 Å². The number of carbonyl (C=O) groups excluding carboxylic acids is 2. The third-order valence-electron chi connectivity index (χ3n) is 3.29. The van der Waals surface area contributed by atoms with E-state index in [1.807, 2.05) is 32.9 Å². The van der Waals surface area contributed by atoms with Crippen molar-refractivity contribution in [3.8, 4) is 0 Å². The molecule has 0 fully saturated rings. The highest BCUT2D eigenvalue weighted by Gasteiger charge is 2.23. The third-order valence-corrected chi connectivity index (χ3v) is 3.29. The zero-order valence-corrected chi connectivity index (χ0v) is 13.7. The fraction of sp³-hybridized carbons (Fsp3) is 0.529. The summed E-state index contributed by atoms with van der Waals surface area (Å²) in [5, 5.41) is 14.7. The Bertz CT molecular complexity index is 512. The summed E-state index contributed by atoms with van der Waals surface area (Å²) < 4.78 is 0. The molecule has 0 bridgehead atoms. The lowest BCUT2D eigenvalue weighted by Crippen LogP contribution is -2.48. The number of hydrogen-bond acceptors (Lipinski definition) is 3. The van der Waals surface area contributed by atoms with Gasteiger partial charge in [0.05, 0.1) is 6.10 Å². The lowest BCUT2D eigenvalue weighted by Gasteiger charge is -2.21. The highest BCUT2D eigenvalue weighted by molar-refractivity contribution is 5.98. The van der Waals surface area contributed by atoms with Gasteiger partial charge in [0.1, 0.15) is 6.04 Å². The predicted molar refractivity (Wildman–Crippen MR) is 86.6 cm³/mol. The molecule has 122 valence electrons. The van der Waals surface area contributed by atoms with Crippen LogP contribution in [0.4, 0.5) is 0 Å². The second kappa shape index (κ2) is 8.54. The zero-order chi connectivity index (χ0) is 16.7. The molecule has 0 radical (unpaired) electrons. The number of rotatable bonds is 7. The van der Waals surface area contributed by atoms with Gasteiger partial charge in [0.15, 0.2) is 0 Å². The van der Waals surface area contributed by atoms with Crippen LogP contribution >= 0.6 is 0 Å². The molecule has 5 heteroatoms. The molecule has 0 aliphatic rings. The minimum atomic E-state index is -0.615. The minimum Gasteiger partial charge on any atom is -0.392 e. The first-order valence-corrected chi connectivity index (χ1v) is 7.63. The maximum Gasteiger partial charge on any atom is 0.252 e. The topological polar surface area (TPSA) is 78.4 Å². The Balaban J connectivity index is 2.78. The summed E-state index contributed by atoms with van der Waals surface area (Å²) in [7, 11) is 0. The van der Waals surface area contributed by atoms with Crippen molar-refractivity contribution in [2.24, 2.45) is 5.92 Å². The van der Waals surface area contributed by atoms with Crippen LogP contribution in [0, 0.1) is 12.8 Å². The summed E-state index contributed by atoms with van der Waals surface area (Å²) in [6.45, 7) is 7.63. The van der Waals surface area contributed by atoms with E-state index in [1.54, 1.807) is 19.1 Å². The number of aliphatic hydroxyl groups excluding tert-OH is 1. The number of aliphatic hydroxyl groups is 1. The van der Waals surface area contributed by atoms with E-state index < -0.39 is 12.1 Å². The number of hydrogen-bond donors (Lipinski definition) is 3. The molecule has 0 heterocycles. The summed E-state index contributed by atoms with van der Waals surface area (Å²) in [5.74, 6) is -0.257. The van der Waals surface area contributed by atoms with E-state index in [0.29, 0.717) is 12.0 Å². The summed E-state index contributed by atoms with van der Waals surface area (Å²) in [4.78, 5) is 24.6. The Kier molecular flexibility index (Phi) is 7.05. The maximum atomic E-state index is 12.4. The number of carbonyl (C=O) groups is 2. The van der Waals surface area contributed by atoms with Crippen molar-refractivity contribution >= 4 is 11.8 Å². The van der Waals surface area contributed by atoms with Gasteiger partial charge >= 0.3 is 0 Å². The Labute approximate surface area is 132 Å². The predicted octanol–water partition coefficient (Wildman–Crippen LogP) is 1.64. The number of aryl methyl sites for hydroxylation is 1. The smallest absolute Gasteiger partial charge is 0.252 e. The molecule has 0 spiro atoms. The van der Waals surface area contributed by atoms with E-state index in [1.165, 1.54) is 0 Å². The average Bonchev–Trinajstić information content (AvgIpc) is 2.43. The molecular formula is C17H26N2O3. The van der Waals surface area contributed by atoms with Gasteiger partial charge in [-0.05, 0) is 37.8 Å². The van der Waals surface area contributed by atoms with Crippen LogP contribution in [0.1, 0.15) is 43.1 Å². The first-order chi connectivity index (χ1) is 10.3. The van der Waals surface area contributed by atoms with Gasteiger partial charge in [-0.15, -0.1) is 0 Å². The maximum absolute atomic E-state index is 12.4. The summed E-state index contributed by atoms with van der Waals surface area (Å²) in [6, 6.07) is 6.66. The lowest BCUT2D eigenvalue weighted by molar-refractivity contribution is -0.123. The van der Waals surface area contributed by atoms with E-state index >= 15 is 0 Å². The molecule has 5 nitrogen and oxygen atoms in total. The third kappa shape index (κ3) is 5.85. The monoisotopic (exact) mass is 306 g/mol. The molecule has 3 N–H and O–H groups in total. The normalized spacial score (nSPS) is 13.5. The summed E-state index contributed by atoms with van der Waals surface area (Å²) in [6.07, 6.45) is -0.0702. The fourth-order valence-corrected chi connectivity index (χ4v) is 2.14. The lowest BCUT2D eigenvalue weighted by atomic mass is 10.0. The molecule has 2 unspecified atom stereocenters. The molecule has 0 saturated carbocycles. The van der Waals surface area contributed by atoms with Gasteiger partial charge in [-0.25, -0.2) is 0 Å². The SMILES string of the molecule is Cc1ccccc1C(=O)NC(CC(C)C)C(=O)NCC(C)O. The van der Waals surface area contributed by atoms with Gasteiger partial charge < -0.3 is 15.7 Å². The summed E-state index contributed by atoms with van der Waals surface area (Å²) in [5.41, 5.74) is 1.44. The fourth-order valence-electron chi connectivity index (χ4n) is 2.14. The van der Waals surface area contributed by atoms with Crippen molar-refractivity contribution in [2.75, 3.05) is 6.54 Å². The Hall–Kier alpha value is -1.88. The van der Waals surface area contributed by atoms with E-state index in [4.69, 9.17) is 0 Å². The van der Waals surface area contributed by atoms with E-state index in [2.05, 4.69) is 10.6 Å². The van der Waals surface area contributed by atoms with Gasteiger partial charge in [-0.3, -0.25) is 9.59 Å². The highest BCUT2D eigenvalue weighted by atomic mass is 16.3. The molecule has 2 atom stereocenters. The number of nitrogens with one attached hydrogen (secondary N) is 2. The average molecular weight is 306 g/mol. The van der Waals surface area contributed by atoms with Gasteiger partial charge in [-0.1, -0.05) is 32.0 Å².